The summed E-state index contributed by atoms with van der Waals surface area (Å²) in [6.45, 7) is 3.82. The van der Waals surface area contributed by atoms with Crippen LogP contribution in [0.2, 0.25) is 0 Å². The third kappa shape index (κ3) is 4.37. The number of fused-ring (bicyclic) bond motifs is 1. The number of thiophene rings is 1. The highest BCUT2D eigenvalue weighted by Crippen LogP contribution is 2.31. The summed E-state index contributed by atoms with van der Waals surface area (Å²) in [6.07, 6.45) is 3.88. The van der Waals surface area contributed by atoms with Gasteiger partial charge in [-0.3, -0.25) is 9.36 Å². The number of nitrogens with zero attached hydrogens (tertiary/aromatic N) is 2. The molecule has 9 heteroatoms. The fourth-order valence-electron chi connectivity index (χ4n) is 3.43. The molecule has 0 bridgehead atoms. The van der Waals surface area contributed by atoms with Gasteiger partial charge in [0.2, 0.25) is 0 Å². The van der Waals surface area contributed by atoms with Crippen molar-refractivity contribution in [2.45, 2.75) is 24.8 Å². The van der Waals surface area contributed by atoms with E-state index in [1.165, 1.54) is 11.3 Å². The van der Waals surface area contributed by atoms with Crippen LogP contribution in [0.15, 0.2) is 66.1 Å². The van der Waals surface area contributed by atoms with E-state index in [1.54, 1.807) is 41.5 Å². The van der Waals surface area contributed by atoms with Crippen LogP contribution >= 0.6 is 50.4 Å². The van der Waals surface area contributed by atoms with Crippen molar-refractivity contribution in [3.05, 3.63) is 81.6 Å². The number of ether oxygens (including phenoxy) is 1. The molecule has 0 saturated heterocycles. The first-order valence-electron chi connectivity index (χ1n) is 9.52. The summed E-state index contributed by atoms with van der Waals surface area (Å²) >= 11 is 7.98. The van der Waals surface area contributed by atoms with E-state index in [0.717, 1.165) is 19.1 Å². The molecule has 0 radical (unpaired) electrons. The van der Waals surface area contributed by atoms with Gasteiger partial charge in [0.15, 0.2) is 4.80 Å². The van der Waals surface area contributed by atoms with Crippen molar-refractivity contribution in [3.63, 3.8) is 0 Å². The summed E-state index contributed by atoms with van der Waals surface area (Å²) in [5, 5.41) is 0. The quantitative estimate of drug-likeness (QED) is 0.360. The molecule has 1 aliphatic heterocycles. The van der Waals surface area contributed by atoms with Crippen molar-refractivity contribution in [1.29, 1.82) is 0 Å². The molecule has 0 aliphatic carbocycles. The zero-order valence-electron chi connectivity index (χ0n) is 17.0. The maximum Gasteiger partial charge on any atom is 0.338 e. The summed E-state index contributed by atoms with van der Waals surface area (Å²) in [4.78, 5) is 33.6. The second-order valence-electron chi connectivity index (χ2n) is 6.72. The lowest BCUT2D eigenvalue weighted by Gasteiger charge is -2.24. The Labute approximate surface area is 199 Å². The van der Waals surface area contributed by atoms with Crippen LogP contribution in [0.4, 0.5) is 0 Å². The van der Waals surface area contributed by atoms with Gasteiger partial charge in [-0.15, -0.1) is 23.1 Å². The number of benzene rings is 1. The van der Waals surface area contributed by atoms with E-state index < -0.39 is 12.0 Å². The number of hydrogen-bond acceptors (Lipinski definition) is 7. The third-order valence-corrected chi connectivity index (χ3v) is 8.11. The predicted molar refractivity (Wildman–Crippen MR) is 131 cm³/mol. The molecule has 1 atom stereocenters. The van der Waals surface area contributed by atoms with E-state index in [1.807, 2.05) is 48.7 Å². The minimum Gasteiger partial charge on any atom is -0.463 e. The molecular formula is C22H19BrN2O3S3. The Morgan fingerprint density at radius 1 is 1.26 bits per heavy atom. The van der Waals surface area contributed by atoms with Crippen molar-refractivity contribution in [3.8, 4) is 0 Å². The van der Waals surface area contributed by atoms with Crippen LogP contribution < -0.4 is 14.9 Å². The monoisotopic (exact) mass is 534 g/mol. The Hall–Kier alpha value is -1.94. The summed E-state index contributed by atoms with van der Waals surface area (Å²) < 4.78 is 8.52. The van der Waals surface area contributed by atoms with Crippen LogP contribution in [0.25, 0.3) is 6.08 Å². The number of thioether (sulfide) groups is 1. The Balaban J connectivity index is 1.94. The van der Waals surface area contributed by atoms with E-state index in [0.29, 0.717) is 20.6 Å². The molecule has 0 spiro atoms. The summed E-state index contributed by atoms with van der Waals surface area (Å²) in [7, 11) is 0. The van der Waals surface area contributed by atoms with Gasteiger partial charge in [-0.2, -0.15) is 0 Å². The van der Waals surface area contributed by atoms with Gasteiger partial charge in [0.05, 0.1) is 32.2 Å². The topological polar surface area (TPSA) is 60.7 Å². The number of hydrogen-bond donors (Lipinski definition) is 0. The van der Waals surface area contributed by atoms with Crippen LogP contribution in [-0.4, -0.2) is 23.4 Å². The van der Waals surface area contributed by atoms with Gasteiger partial charge in [-0.25, -0.2) is 9.79 Å². The van der Waals surface area contributed by atoms with Crippen LogP contribution in [0.3, 0.4) is 0 Å². The first kappa shape index (κ1) is 22.3. The lowest BCUT2D eigenvalue weighted by atomic mass is 9.96. The smallest absolute Gasteiger partial charge is 0.338 e. The van der Waals surface area contributed by atoms with E-state index in [9.17, 15) is 9.59 Å². The number of aromatic nitrogens is 1. The van der Waals surface area contributed by atoms with Gasteiger partial charge in [0.1, 0.15) is 0 Å². The molecule has 3 aromatic rings. The van der Waals surface area contributed by atoms with Gasteiger partial charge in [0, 0.05) is 9.77 Å². The van der Waals surface area contributed by atoms with Crippen LogP contribution in [-0.2, 0) is 9.53 Å². The Morgan fingerprint density at radius 3 is 2.61 bits per heavy atom. The molecule has 1 aromatic carbocycles. The number of thiazole rings is 1. The maximum absolute atomic E-state index is 13.5. The maximum atomic E-state index is 13.5. The van der Waals surface area contributed by atoms with Crippen molar-refractivity contribution >= 4 is 62.4 Å². The molecule has 0 saturated carbocycles. The number of allylic oxidation sites excluding steroid dienone is 1. The normalized spacial score (nSPS) is 16.3. The molecule has 0 fully saturated rings. The number of esters is 1. The van der Waals surface area contributed by atoms with Gasteiger partial charge < -0.3 is 4.74 Å². The molecule has 1 aliphatic rings. The molecule has 5 nitrogen and oxygen atoms in total. The Kier molecular flexibility index (Phi) is 6.66. The zero-order chi connectivity index (χ0) is 22.1. The predicted octanol–water partition coefficient (Wildman–Crippen LogP) is 4.34. The first-order valence-corrected chi connectivity index (χ1v) is 13.2. The van der Waals surface area contributed by atoms with Crippen LogP contribution in [0.5, 0.6) is 0 Å². The number of halogens is 1. The Bertz CT molecular complexity index is 1350. The van der Waals surface area contributed by atoms with Crippen molar-refractivity contribution in [1.82, 2.24) is 4.57 Å². The third-order valence-electron chi connectivity index (χ3n) is 4.82. The summed E-state index contributed by atoms with van der Waals surface area (Å²) in [5.41, 5.74) is 1.66. The average Bonchev–Trinajstić information content (AvgIpc) is 3.30. The highest BCUT2D eigenvalue weighted by Gasteiger charge is 2.33. The first-order chi connectivity index (χ1) is 14.9. The fourth-order valence-corrected chi connectivity index (χ4v) is 6.32. The molecule has 160 valence electrons. The molecule has 31 heavy (non-hydrogen) atoms. The lowest BCUT2D eigenvalue weighted by Crippen LogP contribution is -2.39. The van der Waals surface area contributed by atoms with Crippen molar-refractivity contribution in [2.24, 2.45) is 4.99 Å². The zero-order valence-corrected chi connectivity index (χ0v) is 21.1. The number of rotatable bonds is 5. The number of carbonyl (C=O) groups is 1. The van der Waals surface area contributed by atoms with Crippen LogP contribution in [0, 0.1) is 0 Å². The highest BCUT2D eigenvalue weighted by atomic mass is 79.9. The van der Waals surface area contributed by atoms with E-state index in [2.05, 4.69) is 20.9 Å². The van der Waals surface area contributed by atoms with Crippen molar-refractivity contribution < 1.29 is 9.53 Å². The average molecular weight is 536 g/mol. The molecule has 0 amide bonds. The minimum absolute atomic E-state index is 0.165. The number of carbonyl (C=O) groups excluding carboxylic acids is 1. The standard InChI is InChI=1S/C22H19BrN2O3S3/c1-4-28-21(27)18-12(2)24-22-25(19(18)13-5-7-14(29-3)8-6-13)20(26)16(31-22)11-15-9-10-17(23)30-15/h5-11,19H,4H2,1-3H3/b16-11+/t19-/m1/s1. The largest absolute Gasteiger partial charge is 0.463 e. The molecule has 0 unspecified atom stereocenters. The van der Waals surface area contributed by atoms with Gasteiger partial charge in [0.25, 0.3) is 5.56 Å². The van der Waals surface area contributed by atoms with Gasteiger partial charge in [-0.05, 0) is 71.9 Å². The Morgan fingerprint density at radius 2 is 2.00 bits per heavy atom. The van der Waals surface area contributed by atoms with E-state index >= 15 is 0 Å². The fraction of sp³-hybridized carbons (Fsp3) is 0.227. The van der Waals surface area contributed by atoms with E-state index in [-0.39, 0.29) is 12.2 Å². The van der Waals surface area contributed by atoms with Crippen molar-refractivity contribution in [2.75, 3.05) is 12.9 Å². The molecule has 0 N–H and O–H groups in total. The second kappa shape index (κ2) is 9.28. The summed E-state index contributed by atoms with van der Waals surface area (Å²) in [5.74, 6) is -0.445. The second-order valence-corrected chi connectivity index (χ2v) is 11.1. The van der Waals surface area contributed by atoms with Gasteiger partial charge >= 0.3 is 5.97 Å². The summed E-state index contributed by atoms with van der Waals surface area (Å²) in [6, 6.07) is 11.2. The van der Waals surface area contributed by atoms with Crippen LogP contribution in [0.1, 0.15) is 30.3 Å². The molecule has 3 heterocycles. The SMILES string of the molecule is CCOC(=O)C1=C(C)N=c2s/c(=C/c3ccc(Br)s3)c(=O)n2[C@@H]1c1ccc(SC)cc1. The molecule has 4 rings (SSSR count). The molecular weight excluding hydrogens is 516 g/mol. The lowest BCUT2D eigenvalue weighted by molar-refractivity contribution is -0.139. The van der Waals surface area contributed by atoms with Gasteiger partial charge in [-0.1, -0.05) is 23.5 Å². The minimum atomic E-state index is -0.580. The highest BCUT2D eigenvalue weighted by molar-refractivity contribution is 9.11. The van der Waals surface area contributed by atoms with E-state index in [4.69, 9.17) is 4.74 Å². The molecule has 2 aromatic heterocycles.